The molecule has 2 aliphatic rings. The van der Waals surface area contributed by atoms with Crippen LogP contribution in [-0.2, 0) is 0 Å². The third-order valence-electron chi connectivity index (χ3n) is 1.75. The molecule has 0 fully saturated rings. The van der Waals surface area contributed by atoms with Crippen LogP contribution in [0.3, 0.4) is 0 Å². The van der Waals surface area contributed by atoms with E-state index in [1.165, 1.54) is 11.3 Å². The number of hydrogen-bond donors (Lipinski definition) is 2. The molecule has 1 unspecified atom stereocenters. The summed E-state index contributed by atoms with van der Waals surface area (Å²) in [5, 5.41) is 18.3. The SMILES string of the molecule is CC1c2sc(O)c1c2O. The smallest absolute Gasteiger partial charge is 0.179 e. The van der Waals surface area contributed by atoms with Crippen LogP contribution >= 0.6 is 11.3 Å². The normalized spacial score (nSPS) is 21.7. The van der Waals surface area contributed by atoms with Gasteiger partial charge in [-0.2, -0.15) is 0 Å². The van der Waals surface area contributed by atoms with Crippen LogP contribution in [0, 0.1) is 0 Å². The van der Waals surface area contributed by atoms with E-state index < -0.39 is 0 Å². The molecule has 0 radical (unpaired) electrons. The van der Waals surface area contributed by atoms with E-state index in [9.17, 15) is 0 Å². The lowest BCUT2D eigenvalue weighted by molar-refractivity contribution is 0.428. The van der Waals surface area contributed by atoms with Gasteiger partial charge in [-0.05, 0) is 0 Å². The van der Waals surface area contributed by atoms with Gasteiger partial charge in [0.15, 0.2) is 5.06 Å². The zero-order valence-electron chi connectivity index (χ0n) is 4.88. The second-order valence-corrected chi connectivity index (χ2v) is 3.29. The first-order chi connectivity index (χ1) is 4.22. The van der Waals surface area contributed by atoms with Crippen LogP contribution in [0.4, 0.5) is 0 Å². The van der Waals surface area contributed by atoms with E-state index in [0.717, 1.165) is 10.4 Å². The minimum atomic E-state index is 0.287. The van der Waals surface area contributed by atoms with Crippen LogP contribution in [0.1, 0.15) is 23.3 Å². The van der Waals surface area contributed by atoms with Gasteiger partial charge in [0.05, 0.1) is 10.4 Å². The molecule has 0 amide bonds. The monoisotopic (exact) mass is 142 g/mol. The molecule has 1 aromatic heterocycles. The molecule has 9 heavy (non-hydrogen) atoms. The molecule has 1 atom stereocenters. The number of thiophene rings is 1. The average molecular weight is 142 g/mol. The van der Waals surface area contributed by atoms with Gasteiger partial charge < -0.3 is 10.2 Å². The van der Waals surface area contributed by atoms with Crippen molar-refractivity contribution in [2.24, 2.45) is 0 Å². The number of rotatable bonds is 0. The van der Waals surface area contributed by atoms with E-state index in [2.05, 4.69) is 0 Å². The summed E-state index contributed by atoms with van der Waals surface area (Å²) in [5.74, 6) is 0.597. The molecule has 0 aromatic carbocycles. The van der Waals surface area contributed by atoms with Crippen molar-refractivity contribution in [3.05, 3.63) is 10.4 Å². The van der Waals surface area contributed by atoms with E-state index in [0.29, 0.717) is 5.75 Å². The fourth-order valence-corrected chi connectivity index (χ4v) is 2.27. The number of aromatic hydroxyl groups is 2. The molecular weight excluding hydrogens is 136 g/mol. The van der Waals surface area contributed by atoms with Crippen molar-refractivity contribution in [2.75, 3.05) is 0 Å². The van der Waals surface area contributed by atoms with Crippen molar-refractivity contribution in [3.63, 3.8) is 0 Å². The first-order valence-electron chi connectivity index (χ1n) is 2.76. The first kappa shape index (κ1) is 5.11. The second-order valence-electron chi connectivity index (χ2n) is 2.26. The highest BCUT2D eigenvalue weighted by Crippen LogP contribution is 2.58. The van der Waals surface area contributed by atoms with Gasteiger partial charge in [-0.3, -0.25) is 0 Å². The fourth-order valence-electron chi connectivity index (χ4n) is 1.18. The lowest BCUT2D eigenvalue weighted by Gasteiger charge is -2.15. The van der Waals surface area contributed by atoms with E-state index in [1.807, 2.05) is 6.92 Å². The van der Waals surface area contributed by atoms with Gasteiger partial charge in [0.1, 0.15) is 5.75 Å². The Morgan fingerprint density at radius 3 is 2.22 bits per heavy atom. The van der Waals surface area contributed by atoms with Crippen LogP contribution in [0.5, 0.6) is 10.8 Å². The molecule has 2 heterocycles. The summed E-state index contributed by atoms with van der Waals surface area (Å²) < 4.78 is 0. The van der Waals surface area contributed by atoms with Gasteiger partial charge in [0.2, 0.25) is 0 Å². The molecule has 2 bridgehead atoms. The molecule has 3 heteroatoms. The maximum atomic E-state index is 9.03. The van der Waals surface area contributed by atoms with Crippen LogP contribution in [0.2, 0.25) is 0 Å². The van der Waals surface area contributed by atoms with Gasteiger partial charge in [0.25, 0.3) is 0 Å². The van der Waals surface area contributed by atoms with Crippen molar-refractivity contribution in [1.29, 1.82) is 0 Å². The maximum absolute atomic E-state index is 9.03. The minimum absolute atomic E-state index is 0.287. The van der Waals surface area contributed by atoms with E-state index in [-0.39, 0.29) is 11.0 Å². The Bertz CT molecular complexity index is 258. The highest BCUT2D eigenvalue weighted by molar-refractivity contribution is 7.15. The fraction of sp³-hybridized carbons (Fsp3) is 0.333. The largest absolute Gasteiger partial charge is 0.506 e. The average Bonchev–Trinajstić information content (AvgIpc) is 2.23. The number of fused-ring (bicyclic) bond motifs is 1. The summed E-state index contributed by atoms with van der Waals surface area (Å²) in [4.78, 5) is 0.919. The molecule has 0 saturated heterocycles. The number of hydrogen-bond acceptors (Lipinski definition) is 3. The van der Waals surface area contributed by atoms with Crippen LogP contribution < -0.4 is 0 Å². The van der Waals surface area contributed by atoms with Crippen LogP contribution in [0.25, 0.3) is 0 Å². The van der Waals surface area contributed by atoms with Crippen molar-refractivity contribution < 1.29 is 10.2 Å². The Kier molecular flexibility index (Phi) is 0.703. The summed E-state index contributed by atoms with van der Waals surface area (Å²) in [6.45, 7) is 1.97. The highest BCUT2D eigenvalue weighted by Gasteiger charge is 2.35. The summed E-state index contributed by atoms with van der Waals surface area (Å²) in [5.41, 5.74) is 0.731. The standard InChI is InChI=1S/C6H6O2S/c1-2-3-4(7)5(2)9-6(3)8/h2,7-8H,1H3. The Labute approximate surface area is 56.4 Å². The van der Waals surface area contributed by atoms with Gasteiger partial charge in [-0.15, -0.1) is 0 Å². The third-order valence-corrected chi connectivity index (χ3v) is 2.93. The zero-order chi connectivity index (χ0) is 6.59. The molecule has 2 nitrogen and oxygen atoms in total. The third kappa shape index (κ3) is 0.378. The zero-order valence-corrected chi connectivity index (χ0v) is 5.70. The Morgan fingerprint density at radius 2 is 2.11 bits per heavy atom. The molecule has 0 saturated carbocycles. The predicted octanol–water partition coefficient (Wildman–Crippen LogP) is 1.62. The van der Waals surface area contributed by atoms with Crippen molar-refractivity contribution >= 4 is 11.3 Å². The molecule has 2 N–H and O–H groups in total. The van der Waals surface area contributed by atoms with E-state index >= 15 is 0 Å². The van der Waals surface area contributed by atoms with Crippen LogP contribution in [-0.4, -0.2) is 10.2 Å². The van der Waals surface area contributed by atoms with Gasteiger partial charge >= 0.3 is 0 Å². The molecule has 3 rings (SSSR count). The van der Waals surface area contributed by atoms with E-state index in [1.54, 1.807) is 0 Å². The van der Waals surface area contributed by atoms with E-state index in [4.69, 9.17) is 10.2 Å². The Hall–Kier alpha value is -0.700. The van der Waals surface area contributed by atoms with Crippen molar-refractivity contribution in [2.45, 2.75) is 12.8 Å². The topological polar surface area (TPSA) is 40.5 Å². The quantitative estimate of drug-likeness (QED) is 0.578. The molecule has 1 aliphatic heterocycles. The lowest BCUT2D eigenvalue weighted by Crippen LogP contribution is -1.99. The first-order valence-corrected chi connectivity index (χ1v) is 3.58. The van der Waals surface area contributed by atoms with Gasteiger partial charge in [0, 0.05) is 5.92 Å². The summed E-state index contributed by atoms with van der Waals surface area (Å²) in [6.07, 6.45) is 0. The molecule has 1 aromatic rings. The lowest BCUT2D eigenvalue weighted by atomic mass is 9.91. The summed E-state index contributed by atoms with van der Waals surface area (Å²) in [7, 11) is 0. The van der Waals surface area contributed by atoms with Crippen molar-refractivity contribution in [3.8, 4) is 10.8 Å². The molecular formula is C6H6O2S. The maximum Gasteiger partial charge on any atom is 0.179 e. The molecule has 48 valence electrons. The highest BCUT2D eigenvalue weighted by atomic mass is 32.1. The van der Waals surface area contributed by atoms with Gasteiger partial charge in [-0.25, -0.2) is 0 Å². The van der Waals surface area contributed by atoms with Crippen LogP contribution in [0.15, 0.2) is 0 Å². The second kappa shape index (κ2) is 1.24. The Balaban J connectivity index is 2.68. The van der Waals surface area contributed by atoms with Crippen molar-refractivity contribution in [1.82, 2.24) is 0 Å². The summed E-state index contributed by atoms with van der Waals surface area (Å²) >= 11 is 1.28. The Morgan fingerprint density at radius 1 is 1.44 bits per heavy atom. The molecule has 1 aliphatic carbocycles. The summed E-state index contributed by atoms with van der Waals surface area (Å²) in [6, 6.07) is 0. The minimum Gasteiger partial charge on any atom is -0.506 e. The predicted molar refractivity (Wildman–Crippen MR) is 35.2 cm³/mol. The van der Waals surface area contributed by atoms with Gasteiger partial charge in [-0.1, -0.05) is 18.3 Å². The molecule has 0 spiro atoms.